The van der Waals surface area contributed by atoms with Crippen LogP contribution < -0.4 is 5.32 Å². The third-order valence-corrected chi connectivity index (χ3v) is 6.11. The van der Waals surface area contributed by atoms with E-state index in [1.54, 1.807) is 6.92 Å². The van der Waals surface area contributed by atoms with Crippen molar-refractivity contribution < 1.29 is 17.7 Å². The van der Waals surface area contributed by atoms with Crippen LogP contribution in [0.1, 0.15) is 29.0 Å². The van der Waals surface area contributed by atoms with Crippen molar-refractivity contribution in [1.29, 1.82) is 0 Å². The zero-order valence-corrected chi connectivity index (χ0v) is 14.9. The predicted molar refractivity (Wildman–Crippen MR) is 93.6 cm³/mol. The Balaban J connectivity index is 1.67. The topological polar surface area (TPSA) is 92.5 Å². The highest BCUT2D eigenvalue weighted by molar-refractivity contribution is 7.89. The maximum absolute atomic E-state index is 12.5. The standard InChI is InChI=1S/C17H21N3O4S/c1-13-15(16(19-24-13)14-7-3-2-4-8-14)17(21)18-9-12-25(22,23)20-10-5-6-11-20/h2-4,7-8H,5-6,9-12H2,1H3,(H,18,21). The molecule has 8 heteroatoms. The molecule has 1 aromatic carbocycles. The molecule has 2 aromatic rings. The Morgan fingerprint density at radius 1 is 1.24 bits per heavy atom. The summed E-state index contributed by atoms with van der Waals surface area (Å²) >= 11 is 0. The average Bonchev–Trinajstić information content (AvgIpc) is 3.25. The van der Waals surface area contributed by atoms with Gasteiger partial charge in [-0.1, -0.05) is 35.5 Å². The molecule has 1 aliphatic heterocycles. The molecule has 0 saturated carbocycles. The molecule has 7 nitrogen and oxygen atoms in total. The van der Waals surface area contributed by atoms with Crippen molar-refractivity contribution in [3.05, 3.63) is 41.7 Å². The number of hydrogen-bond acceptors (Lipinski definition) is 5. The van der Waals surface area contributed by atoms with Crippen LogP contribution in [0.5, 0.6) is 0 Å². The van der Waals surface area contributed by atoms with Gasteiger partial charge in [0, 0.05) is 25.2 Å². The van der Waals surface area contributed by atoms with Crippen molar-refractivity contribution in [3.8, 4) is 11.3 Å². The van der Waals surface area contributed by atoms with Gasteiger partial charge in [-0.15, -0.1) is 0 Å². The predicted octanol–water partition coefficient (Wildman–Crippen LogP) is 1.81. The summed E-state index contributed by atoms with van der Waals surface area (Å²) in [4.78, 5) is 12.5. The Kier molecular flexibility index (Phi) is 5.19. The molecule has 0 bridgehead atoms. The minimum atomic E-state index is -3.32. The van der Waals surface area contributed by atoms with Gasteiger partial charge in [0.15, 0.2) is 0 Å². The van der Waals surface area contributed by atoms with E-state index in [2.05, 4.69) is 10.5 Å². The maximum Gasteiger partial charge on any atom is 0.257 e. The second-order valence-electron chi connectivity index (χ2n) is 6.01. The molecule has 2 heterocycles. The van der Waals surface area contributed by atoms with Crippen molar-refractivity contribution >= 4 is 15.9 Å². The van der Waals surface area contributed by atoms with Crippen LogP contribution in [0.15, 0.2) is 34.9 Å². The van der Waals surface area contributed by atoms with Crippen LogP contribution in [0.2, 0.25) is 0 Å². The first-order chi connectivity index (χ1) is 12.0. The SMILES string of the molecule is Cc1onc(-c2ccccc2)c1C(=O)NCCS(=O)(=O)N1CCCC1. The van der Waals surface area contributed by atoms with Crippen LogP contribution in [0, 0.1) is 6.92 Å². The number of aromatic nitrogens is 1. The first-order valence-electron chi connectivity index (χ1n) is 8.27. The van der Waals surface area contributed by atoms with Crippen molar-refractivity contribution in [2.24, 2.45) is 0 Å². The number of sulfonamides is 1. The summed E-state index contributed by atoms with van der Waals surface area (Å²) in [6.45, 7) is 2.85. The number of nitrogens with zero attached hydrogens (tertiary/aromatic N) is 2. The molecular formula is C17H21N3O4S. The molecule has 134 valence electrons. The van der Waals surface area contributed by atoms with Gasteiger partial charge in [-0.25, -0.2) is 12.7 Å². The molecule has 1 aliphatic rings. The fourth-order valence-electron chi connectivity index (χ4n) is 2.91. The number of amides is 1. The van der Waals surface area contributed by atoms with E-state index in [1.165, 1.54) is 4.31 Å². The number of hydrogen-bond donors (Lipinski definition) is 1. The summed E-state index contributed by atoms with van der Waals surface area (Å²) in [6, 6.07) is 9.25. The van der Waals surface area contributed by atoms with Gasteiger partial charge < -0.3 is 9.84 Å². The van der Waals surface area contributed by atoms with Gasteiger partial charge in [-0.2, -0.15) is 0 Å². The number of carbonyl (C=O) groups is 1. The van der Waals surface area contributed by atoms with E-state index in [0.717, 1.165) is 18.4 Å². The molecular weight excluding hydrogens is 342 g/mol. The first kappa shape index (κ1) is 17.6. The number of rotatable bonds is 6. The van der Waals surface area contributed by atoms with E-state index in [9.17, 15) is 13.2 Å². The molecule has 1 aromatic heterocycles. The third-order valence-electron chi connectivity index (χ3n) is 4.24. The Hall–Kier alpha value is -2.19. The van der Waals surface area contributed by atoms with Gasteiger partial charge in [0.2, 0.25) is 10.0 Å². The van der Waals surface area contributed by atoms with E-state index in [0.29, 0.717) is 30.1 Å². The summed E-state index contributed by atoms with van der Waals surface area (Å²) in [7, 11) is -3.32. The van der Waals surface area contributed by atoms with Crippen LogP contribution in [0.3, 0.4) is 0 Å². The highest BCUT2D eigenvalue weighted by atomic mass is 32.2. The van der Waals surface area contributed by atoms with E-state index in [4.69, 9.17) is 4.52 Å². The third kappa shape index (κ3) is 3.91. The minimum Gasteiger partial charge on any atom is -0.360 e. The lowest BCUT2D eigenvalue weighted by atomic mass is 10.1. The molecule has 1 N–H and O–H groups in total. The summed E-state index contributed by atoms with van der Waals surface area (Å²) in [6.07, 6.45) is 1.79. The lowest BCUT2D eigenvalue weighted by molar-refractivity contribution is 0.0955. The second kappa shape index (κ2) is 7.37. The molecule has 0 spiro atoms. The van der Waals surface area contributed by atoms with Gasteiger partial charge in [0.05, 0.1) is 5.75 Å². The number of benzene rings is 1. The lowest BCUT2D eigenvalue weighted by Gasteiger charge is -2.15. The van der Waals surface area contributed by atoms with Gasteiger partial charge in [-0.3, -0.25) is 4.79 Å². The highest BCUT2D eigenvalue weighted by Crippen LogP contribution is 2.24. The van der Waals surface area contributed by atoms with Crippen LogP contribution in [-0.2, 0) is 10.0 Å². The van der Waals surface area contributed by atoms with Crippen molar-refractivity contribution in [2.75, 3.05) is 25.4 Å². The first-order valence-corrected chi connectivity index (χ1v) is 9.87. The minimum absolute atomic E-state index is 0.0521. The van der Waals surface area contributed by atoms with Crippen molar-refractivity contribution in [1.82, 2.24) is 14.8 Å². The maximum atomic E-state index is 12.5. The van der Waals surface area contributed by atoms with Gasteiger partial charge in [0.1, 0.15) is 17.0 Å². The van der Waals surface area contributed by atoms with Gasteiger partial charge in [-0.05, 0) is 19.8 Å². The molecule has 0 atom stereocenters. The van der Waals surface area contributed by atoms with Gasteiger partial charge >= 0.3 is 0 Å². The Bertz CT molecular complexity index is 840. The highest BCUT2D eigenvalue weighted by Gasteiger charge is 2.26. The molecule has 0 radical (unpaired) electrons. The van der Waals surface area contributed by atoms with Crippen LogP contribution in [0.25, 0.3) is 11.3 Å². The molecule has 3 rings (SSSR count). The summed E-state index contributed by atoms with van der Waals surface area (Å²) in [5.41, 5.74) is 1.57. The number of nitrogens with one attached hydrogen (secondary N) is 1. The van der Waals surface area contributed by atoms with E-state index < -0.39 is 10.0 Å². The summed E-state index contributed by atoms with van der Waals surface area (Å²) < 4.78 is 31.0. The van der Waals surface area contributed by atoms with Crippen LogP contribution in [0.4, 0.5) is 0 Å². The Morgan fingerprint density at radius 3 is 2.60 bits per heavy atom. The molecule has 1 saturated heterocycles. The van der Waals surface area contributed by atoms with E-state index >= 15 is 0 Å². The number of carbonyl (C=O) groups excluding carboxylic acids is 1. The Morgan fingerprint density at radius 2 is 1.92 bits per heavy atom. The molecule has 1 amide bonds. The van der Waals surface area contributed by atoms with Crippen molar-refractivity contribution in [3.63, 3.8) is 0 Å². The largest absolute Gasteiger partial charge is 0.360 e. The van der Waals surface area contributed by atoms with Gasteiger partial charge in [0.25, 0.3) is 5.91 Å². The fraction of sp³-hybridized carbons (Fsp3) is 0.412. The van der Waals surface area contributed by atoms with Crippen molar-refractivity contribution in [2.45, 2.75) is 19.8 Å². The number of aryl methyl sites for hydroxylation is 1. The zero-order chi connectivity index (χ0) is 17.9. The monoisotopic (exact) mass is 363 g/mol. The fourth-order valence-corrected chi connectivity index (χ4v) is 4.34. The summed E-state index contributed by atoms with van der Waals surface area (Å²) in [5, 5.41) is 6.64. The lowest BCUT2D eigenvalue weighted by Crippen LogP contribution is -2.36. The quantitative estimate of drug-likeness (QED) is 0.845. The molecule has 0 unspecified atom stereocenters. The zero-order valence-electron chi connectivity index (χ0n) is 14.1. The van der Waals surface area contributed by atoms with Crippen LogP contribution >= 0.6 is 0 Å². The smallest absolute Gasteiger partial charge is 0.257 e. The average molecular weight is 363 g/mol. The molecule has 1 fully saturated rings. The summed E-state index contributed by atoms with van der Waals surface area (Å²) in [5.74, 6) is -0.0861. The van der Waals surface area contributed by atoms with Crippen LogP contribution in [-0.4, -0.2) is 49.2 Å². The normalized spacial score (nSPS) is 15.4. The van der Waals surface area contributed by atoms with E-state index in [-0.39, 0.29) is 18.2 Å². The Labute approximate surface area is 147 Å². The molecule has 25 heavy (non-hydrogen) atoms. The van der Waals surface area contributed by atoms with E-state index in [1.807, 2.05) is 30.3 Å². The second-order valence-corrected chi connectivity index (χ2v) is 8.09. The molecule has 0 aliphatic carbocycles.